The number of amides is 1. The van der Waals surface area contributed by atoms with E-state index in [2.05, 4.69) is 0 Å². The summed E-state index contributed by atoms with van der Waals surface area (Å²) in [5, 5.41) is 11.1. The molecule has 3 rings (SSSR count). The van der Waals surface area contributed by atoms with Crippen LogP contribution in [0.2, 0.25) is 0 Å². The van der Waals surface area contributed by atoms with Crippen LogP contribution < -0.4 is 4.90 Å². The number of carbonyl (C=O) groups excluding carboxylic acids is 2. The lowest BCUT2D eigenvalue weighted by atomic mass is 10.1. The lowest BCUT2D eigenvalue weighted by Crippen LogP contribution is -2.37. The van der Waals surface area contributed by atoms with E-state index in [1.54, 1.807) is 11.0 Å². The van der Waals surface area contributed by atoms with Crippen molar-refractivity contribution in [3.8, 4) is 0 Å². The van der Waals surface area contributed by atoms with Gasteiger partial charge in [0.15, 0.2) is 6.61 Å². The number of likely N-dealkylation sites (tertiary alicyclic amines) is 1. The normalized spacial score (nSPS) is 17.7. The molecule has 0 aromatic heterocycles. The Hall–Kier alpha value is -2.68. The van der Waals surface area contributed by atoms with Gasteiger partial charge in [0, 0.05) is 38.3 Å². The van der Waals surface area contributed by atoms with Gasteiger partial charge in [0.2, 0.25) is 0 Å². The first-order valence-electron chi connectivity index (χ1n) is 9.62. The van der Waals surface area contributed by atoms with Crippen LogP contribution in [0.15, 0.2) is 18.2 Å². The lowest BCUT2D eigenvalue weighted by Gasteiger charge is -2.30. The fourth-order valence-electron chi connectivity index (χ4n) is 3.50. The van der Waals surface area contributed by atoms with Crippen LogP contribution in [0.25, 0.3) is 0 Å². The highest BCUT2D eigenvalue weighted by molar-refractivity contribution is 5.97. The molecule has 9 nitrogen and oxygen atoms in total. The van der Waals surface area contributed by atoms with Crippen LogP contribution in [0.4, 0.5) is 11.4 Å². The predicted octanol–water partition coefficient (Wildman–Crippen LogP) is 1.99. The van der Waals surface area contributed by atoms with Crippen LogP contribution in [0.5, 0.6) is 0 Å². The van der Waals surface area contributed by atoms with E-state index in [9.17, 15) is 19.7 Å². The zero-order chi connectivity index (χ0) is 19.9. The minimum Gasteiger partial charge on any atom is -0.452 e. The number of anilines is 1. The van der Waals surface area contributed by atoms with E-state index in [0.29, 0.717) is 45.1 Å². The van der Waals surface area contributed by atoms with Crippen LogP contribution in [0, 0.1) is 10.1 Å². The number of morpholine rings is 1. The molecule has 0 bridgehead atoms. The quantitative estimate of drug-likeness (QED) is 0.430. The fraction of sp³-hybridized carbons (Fsp3) is 0.579. The number of benzene rings is 1. The molecule has 2 aliphatic heterocycles. The van der Waals surface area contributed by atoms with Crippen LogP contribution in [-0.2, 0) is 14.3 Å². The van der Waals surface area contributed by atoms with Gasteiger partial charge < -0.3 is 19.3 Å². The highest BCUT2D eigenvalue weighted by Crippen LogP contribution is 2.27. The van der Waals surface area contributed by atoms with E-state index in [4.69, 9.17) is 9.47 Å². The maximum Gasteiger partial charge on any atom is 0.341 e. The molecule has 2 saturated heterocycles. The van der Waals surface area contributed by atoms with Crippen molar-refractivity contribution in [1.82, 2.24) is 4.90 Å². The zero-order valence-corrected chi connectivity index (χ0v) is 15.8. The minimum atomic E-state index is -0.728. The Kier molecular flexibility index (Phi) is 6.80. The number of nitro benzene ring substituents is 1. The summed E-state index contributed by atoms with van der Waals surface area (Å²) in [6, 6.07) is 4.13. The van der Waals surface area contributed by atoms with Gasteiger partial charge in [-0.1, -0.05) is 12.8 Å². The Morgan fingerprint density at radius 3 is 2.39 bits per heavy atom. The number of ether oxygens (including phenoxy) is 2. The highest BCUT2D eigenvalue weighted by atomic mass is 16.6. The van der Waals surface area contributed by atoms with Crippen LogP contribution in [-0.4, -0.2) is 67.7 Å². The van der Waals surface area contributed by atoms with Crippen molar-refractivity contribution in [2.45, 2.75) is 25.7 Å². The summed E-state index contributed by atoms with van der Waals surface area (Å²) in [6.07, 6.45) is 4.10. The second kappa shape index (κ2) is 9.50. The second-order valence-electron chi connectivity index (χ2n) is 6.93. The molecule has 1 amide bonds. The average Bonchev–Trinajstić information content (AvgIpc) is 3.01. The molecule has 0 unspecified atom stereocenters. The molecule has 2 fully saturated rings. The smallest absolute Gasteiger partial charge is 0.341 e. The number of esters is 1. The summed E-state index contributed by atoms with van der Waals surface area (Å²) < 4.78 is 10.6. The number of non-ortho nitro benzene ring substituents is 1. The van der Waals surface area contributed by atoms with Crippen molar-refractivity contribution >= 4 is 23.3 Å². The first-order chi connectivity index (χ1) is 13.6. The Bertz CT molecular complexity index is 724. The van der Waals surface area contributed by atoms with Gasteiger partial charge in [0.25, 0.3) is 11.6 Å². The molecule has 0 aliphatic carbocycles. The molecule has 0 atom stereocenters. The molecule has 9 heteroatoms. The average molecular weight is 391 g/mol. The Morgan fingerprint density at radius 1 is 1.07 bits per heavy atom. The molecule has 28 heavy (non-hydrogen) atoms. The summed E-state index contributed by atoms with van der Waals surface area (Å²) in [5.74, 6) is -0.957. The van der Waals surface area contributed by atoms with Crippen molar-refractivity contribution < 1.29 is 24.0 Å². The third-order valence-electron chi connectivity index (χ3n) is 5.05. The van der Waals surface area contributed by atoms with Crippen molar-refractivity contribution in [2.24, 2.45) is 0 Å². The molecular weight excluding hydrogens is 366 g/mol. The van der Waals surface area contributed by atoms with Crippen molar-refractivity contribution in [3.05, 3.63) is 33.9 Å². The number of nitro groups is 1. The SMILES string of the molecule is O=C(OCC(=O)N1CCCCCC1)c1cc([N+](=O)[O-])ccc1N1CCOCC1. The fourth-order valence-corrected chi connectivity index (χ4v) is 3.50. The van der Waals surface area contributed by atoms with E-state index in [1.807, 2.05) is 4.90 Å². The zero-order valence-electron chi connectivity index (χ0n) is 15.8. The summed E-state index contributed by atoms with van der Waals surface area (Å²) in [5.41, 5.74) is 0.462. The van der Waals surface area contributed by atoms with Crippen LogP contribution in [0.3, 0.4) is 0 Å². The summed E-state index contributed by atoms with van der Waals surface area (Å²) >= 11 is 0. The van der Waals surface area contributed by atoms with Gasteiger partial charge in [-0.15, -0.1) is 0 Å². The van der Waals surface area contributed by atoms with Crippen LogP contribution >= 0.6 is 0 Å². The van der Waals surface area contributed by atoms with Gasteiger partial charge in [0.1, 0.15) is 0 Å². The van der Waals surface area contributed by atoms with Crippen molar-refractivity contribution in [2.75, 3.05) is 50.9 Å². The Morgan fingerprint density at radius 2 is 1.75 bits per heavy atom. The van der Waals surface area contributed by atoms with Crippen LogP contribution in [0.1, 0.15) is 36.0 Å². The van der Waals surface area contributed by atoms with E-state index < -0.39 is 10.9 Å². The molecule has 152 valence electrons. The number of nitrogens with zero attached hydrogens (tertiary/aromatic N) is 3. The first kappa shape index (κ1) is 20.1. The molecule has 0 radical (unpaired) electrons. The minimum absolute atomic E-state index is 0.0970. The number of hydrogen-bond acceptors (Lipinski definition) is 7. The van der Waals surface area contributed by atoms with Gasteiger partial charge in [-0.05, 0) is 18.9 Å². The summed E-state index contributed by atoms with van der Waals surface area (Å²) in [7, 11) is 0. The third kappa shape index (κ3) is 4.98. The number of carbonyl (C=O) groups is 2. The van der Waals surface area contributed by atoms with E-state index in [-0.39, 0.29) is 23.8 Å². The Labute approximate surface area is 163 Å². The van der Waals surface area contributed by atoms with Gasteiger partial charge >= 0.3 is 5.97 Å². The molecule has 1 aromatic rings. The number of hydrogen-bond donors (Lipinski definition) is 0. The summed E-state index contributed by atoms with van der Waals surface area (Å²) in [6.45, 7) is 3.16. The summed E-state index contributed by atoms with van der Waals surface area (Å²) in [4.78, 5) is 39.3. The van der Waals surface area contributed by atoms with Gasteiger partial charge in [-0.3, -0.25) is 14.9 Å². The van der Waals surface area contributed by atoms with Gasteiger partial charge in [-0.25, -0.2) is 4.79 Å². The number of rotatable bonds is 5. The molecule has 0 saturated carbocycles. The molecule has 0 N–H and O–H groups in total. The third-order valence-corrected chi connectivity index (χ3v) is 5.05. The molecule has 2 heterocycles. The topological polar surface area (TPSA) is 102 Å². The predicted molar refractivity (Wildman–Crippen MR) is 101 cm³/mol. The molecule has 2 aliphatic rings. The first-order valence-corrected chi connectivity index (χ1v) is 9.62. The van der Waals surface area contributed by atoms with Gasteiger partial charge in [-0.2, -0.15) is 0 Å². The molecular formula is C19H25N3O6. The maximum atomic E-state index is 12.7. The van der Waals surface area contributed by atoms with Crippen molar-refractivity contribution in [3.63, 3.8) is 0 Å². The van der Waals surface area contributed by atoms with E-state index in [0.717, 1.165) is 25.7 Å². The van der Waals surface area contributed by atoms with Gasteiger partial charge in [0.05, 0.1) is 29.4 Å². The maximum absolute atomic E-state index is 12.7. The second-order valence-corrected chi connectivity index (χ2v) is 6.93. The monoisotopic (exact) mass is 391 g/mol. The molecule has 0 spiro atoms. The largest absolute Gasteiger partial charge is 0.452 e. The Balaban J connectivity index is 1.72. The standard InChI is InChI=1S/C19H25N3O6/c23-18(21-7-3-1-2-4-8-21)14-28-19(24)16-13-15(22(25)26)5-6-17(16)20-9-11-27-12-10-20/h5-6,13H,1-4,7-12,14H2. The highest BCUT2D eigenvalue weighted by Gasteiger charge is 2.24. The van der Waals surface area contributed by atoms with Crippen molar-refractivity contribution in [1.29, 1.82) is 0 Å². The van der Waals surface area contributed by atoms with E-state index in [1.165, 1.54) is 12.1 Å². The lowest BCUT2D eigenvalue weighted by molar-refractivity contribution is -0.384. The molecule has 1 aromatic carbocycles. The van der Waals surface area contributed by atoms with E-state index >= 15 is 0 Å².